The van der Waals surface area contributed by atoms with E-state index in [0.717, 1.165) is 36.3 Å². The minimum atomic E-state index is 0.819. The van der Waals surface area contributed by atoms with Crippen molar-refractivity contribution in [2.45, 2.75) is 45.7 Å². The fraction of sp³-hybridized carbons (Fsp3) is 0.600. The normalized spacial score (nSPS) is 39.0. The molecule has 21 heavy (non-hydrogen) atoms. The molecule has 1 heterocycles. The molecule has 0 spiro atoms. The highest BCUT2D eigenvalue weighted by molar-refractivity contribution is 5.20. The number of allylic oxidation sites excluding steroid dienone is 1. The fourth-order valence-electron chi connectivity index (χ4n) is 5.18. The molecule has 112 valence electrons. The van der Waals surface area contributed by atoms with Crippen LogP contribution in [-0.4, -0.2) is 17.5 Å². The van der Waals surface area contributed by atoms with Crippen molar-refractivity contribution in [1.82, 2.24) is 4.90 Å². The Hall–Kier alpha value is -1.08. The molecule has 3 aliphatic rings. The molecule has 4 rings (SSSR count). The second kappa shape index (κ2) is 5.28. The van der Waals surface area contributed by atoms with Crippen molar-refractivity contribution in [3.63, 3.8) is 0 Å². The number of piperidine rings is 1. The monoisotopic (exact) mass is 281 g/mol. The summed E-state index contributed by atoms with van der Waals surface area (Å²) in [6, 6.07) is 11.9. The Balaban J connectivity index is 1.62. The summed E-state index contributed by atoms with van der Waals surface area (Å²) in [7, 11) is 0. The van der Waals surface area contributed by atoms with Crippen LogP contribution in [0.3, 0.4) is 0 Å². The van der Waals surface area contributed by atoms with E-state index in [4.69, 9.17) is 0 Å². The molecule has 0 radical (unpaired) electrons. The van der Waals surface area contributed by atoms with Crippen molar-refractivity contribution < 1.29 is 0 Å². The molecule has 5 atom stereocenters. The predicted octanol–water partition coefficient (Wildman–Crippen LogP) is 4.50. The lowest BCUT2D eigenvalue weighted by Gasteiger charge is -2.54. The smallest absolute Gasteiger partial charge is 0.0237 e. The summed E-state index contributed by atoms with van der Waals surface area (Å²) in [6.07, 6.45) is 6.93. The van der Waals surface area contributed by atoms with Gasteiger partial charge in [-0.3, -0.25) is 4.90 Å². The minimum absolute atomic E-state index is 0.819. The third-order valence-electron chi connectivity index (χ3n) is 6.19. The van der Waals surface area contributed by atoms with E-state index < -0.39 is 0 Å². The molecule has 1 aromatic carbocycles. The molecule has 1 heteroatoms. The molecular weight excluding hydrogens is 254 g/mol. The molecule has 2 aliphatic carbocycles. The molecule has 1 saturated carbocycles. The van der Waals surface area contributed by atoms with E-state index in [-0.39, 0.29) is 0 Å². The van der Waals surface area contributed by atoms with E-state index >= 15 is 0 Å². The number of rotatable bonds is 2. The Morgan fingerprint density at radius 2 is 1.90 bits per heavy atom. The summed E-state index contributed by atoms with van der Waals surface area (Å²) < 4.78 is 0. The predicted molar refractivity (Wildman–Crippen MR) is 87.9 cm³/mol. The third kappa shape index (κ3) is 2.46. The number of nitrogens with zero attached hydrogens (tertiary/aromatic N) is 1. The van der Waals surface area contributed by atoms with E-state index in [2.05, 4.69) is 55.2 Å². The maximum atomic E-state index is 2.81. The Labute approximate surface area is 129 Å². The second-order valence-corrected chi connectivity index (χ2v) is 7.73. The van der Waals surface area contributed by atoms with Gasteiger partial charge < -0.3 is 0 Å². The van der Waals surface area contributed by atoms with Gasteiger partial charge in [-0.25, -0.2) is 0 Å². The van der Waals surface area contributed by atoms with Gasteiger partial charge in [-0.05, 0) is 55.4 Å². The highest BCUT2D eigenvalue weighted by atomic mass is 15.2. The molecule has 1 aromatic rings. The molecule has 0 N–H and O–H groups in total. The molecule has 0 amide bonds. The summed E-state index contributed by atoms with van der Waals surface area (Å²) >= 11 is 0. The lowest BCUT2D eigenvalue weighted by molar-refractivity contribution is -0.0117. The van der Waals surface area contributed by atoms with Crippen LogP contribution < -0.4 is 0 Å². The topological polar surface area (TPSA) is 3.24 Å². The largest absolute Gasteiger partial charge is 0.295 e. The lowest BCUT2D eigenvalue weighted by atomic mass is 9.61. The van der Waals surface area contributed by atoms with Crippen molar-refractivity contribution in [1.29, 1.82) is 0 Å². The summed E-state index contributed by atoms with van der Waals surface area (Å²) in [5.41, 5.74) is 3.15. The first-order valence-corrected chi connectivity index (χ1v) is 8.67. The van der Waals surface area contributed by atoms with Crippen LogP contribution in [0.15, 0.2) is 42.0 Å². The fourth-order valence-corrected chi connectivity index (χ4v) is 5.18. The molecule has 2 fully saturated rings. The number of fused-ring (bicyclic) bond motifs is 1. The Bertz CT molecular complexity index is 532. The third-order valence-corrected chi connectivity index (χ3v) is 6.19. The van der Waals surface area contributed by atoms with E-state index in [1.54, 1.807) is 5.57 Å². The summed E-state index contributed by atoms with van der Waals surface area (Å²) in [5, 5.41) is 0. The minimum Gasteiger partial charge on any atom is -0.295 e. The average molecular weight is 281 g/mol. The van der Waals surface area contributed by atoms with E-state index in [9.17, 15) is 0 Å². The van der Waals surface area contributed by atoms with Crippen LogP contribution in [-0.2, 0) is 6.54 Å². The standard InChI is InChI=1S/C20H27N/c1-14-8-17-10-15(2)18-11-19(17)20(9-14)21(13-18)12-16-6-4-3-5-7-16/h3-7,10,14,17-20H,8-9,11-13H2,1-2H3/t14-,17+,18-,19-,20+/m1/s1. The summed E-state index contributed by atoms with van der Waals surface area (Å²) in [6.45, 7) is 7.25. The van der Waals surface area contributed by atoms with Gasteiger partial charge in [0.05, 0.1) is 0 Å². The summed E-state index contributed by atoms with van der Waals surface area (Å²) in [5.74, 6) is 3.48. The lowest BCUT2D eigenvalue weighted by Crippen LogP contribution is -2.55. The average Bonchev–Trinajstić information content (AvgIpc) is 2.48. The summed E-state index contributed by atoms with van der Waals surface area (Å²) in [4.78, 5) is 2.81. The zero-order valence-electron chi connectivity index (χ0n) is 13.3. The first kappa shape index (κ1) is 13.6. The first-order valence-electron chi connectivity index (χ1n) is 8.67. The Morgan fingerprint density at radius 3 is 2.71 bits per heavy atom. The molecule has 1 aliphatic heterocycles. The van der Waals surface area contributed by atoms with Crippen molar-refractivity contribution in [2.75, 3.05) is 6.54 Å². The van der Waals surface area contributed by atoms with E-state index in [0.29, 0.717) is 0 Å². The van der Waals surface area contributed by atoms with Gasteiger partial charge in [-0.1, -0.05) is 48.9 Å². The quantitative estimate of drug-likeness (QED) is 0.721. The molecule has 0 aromatic heterocycles. The van der Waals surface area contributed by atoms with Gasteiger partial charge in [-0.2, -0.15) is 0 Å². The molecular formula is C20H27N. The van der Waals surface area contributed by atoms with E-state index in [1.165, 1.54) is 31.4 Å². The number of likely N-dealkylation sites (tertiary alicyclic amines) is 1. The van der Waals surface area contributed by atoms with Crippen molar-refractivity contribution in [3.05, 3.63) is 47.5 Å². The van der Waals surface area contributed by atoms with Crippen LogP contribution in [0.4, 0.5) is 0 Å². The van der Waals surface area contributed by atoms with Crippen LogP contribution in [0.1, 0.15) is 38.7 Å². The van der Waals surface area contributed by atoms with Gasteiger partial charge in [0.2, 0.25) is 0 Å². The number of hydrogen-bond donors (Lipinski definition) is 0. The van der Waals surface area contributed by atoms with Crippen molar-refractivity contribution in [2.24, 2.45) is 23.7 Å². The van der Waals surface area contributed by atoms with Crippen LogP contribution in [0.2, 0.25) is 0 Å². The highest BCUT2D eigenvalue weighted by Crippen LogP contribution is 2.49. The SMILES string of the molecule is CC1=C[C@@H]2C[C@@H](C)C[C@H]3[C@@H]2C[C@@H]1CN3Cc1ccccc1. The zero-order valence-corrected chi connectivity index (χ0v) is 13.3. The van der Waals surface area contributed by atoms with Crippen LogP contribution in [0.5, 0.6) is 0 Å². The van der Waals surface area contributed by atoms with Crippen LogP contribution in [0, 0.1) is 23.7 Å². The maximum absolute atomic E-state index is 2.81. The van der Waals surface area contributed by atoms with Gasteiger partial charge in [0.25, 0.3) is 0 Å². The van der Waals surface area contributed by atoms with Gasteiger partial charge >= 0.3 is 0 Å². The highest BCUT2D eigenvalue weighted by Gasteiger charge is 2.45. The van der Waals surface area contributed by atoms with E-state index in [1.807, 2.05) is 0 Å². The van der Waals surface area contributed by atoms with Gasteiger partial charge in [0.1, 0.15) is 0 Å². The first-order chi connectivity index (χ1) is 10.2. The second-order valence-electron chi connectivity index (χ2n) is 7.73. The van der Waals surface area contributed by atoms with Gasteiger partial charge in [-0.15, -0.1) is 0 Å². The molecule has 1 nitrogen and oxygen atoms in total. The zero-order chi connectivity index (χ0) is 14.4. The van der Waals surface area contributed by atoms with Crippen molar-refractivity contribution >= 4 is 0 Å². The van der Waals surface area contributed by atoms with Gasteiger partial charge in [0, 0.05) is 19.1 Å². The number of benzene rings is 1. The Morgan fingerprint density at radius 1 is 1.10 bits per heavy atom. The van der Waals surface area contributed by atoms with Crippen LogP contribution >= 0.6 is 0 Å². The van der Waals surface area contributed by atoms with Crippen molar-refractivity contribution in [3.8, 4) is 0 Å². The number of hydrogen-bond acceptors (Lipinski definition) is 1. The van der Waals surface area contributed by atoms with Gasteiger partial charge in [0.15, 0.2) is 0 Å². The van der Waals surface area contributed by atoms with Crippen LogP contribution in [0.25, 0.3) is 0 Å². The Kier molecular flexibility index (Phi) is 3.41. The molecule has 2 bridgehead atoms. The molecule has 0 unspecified atom stereocenters. The maximum Gasteiger partial charge on any atom is 0.0237 e. The molecule has 1 saturated heterocycles.